The molecule has 62 heavy (non-hydrogen) atoms. The fourth-order valence-electron chi connectivity index (χ4n) is 8.89. The Morgan fingerprint density at radius 3 is 1.44 bits per heavy atom. The van der Waals surface area contributed by atoms with Gasteiger partial charge in [-0.1, -0.05) is 176 Å². The van der Waals surface area contributed by atoms with Crippen molar-refractivity contribution in [3.8, 4) is 78.4 Å². The van der Waals surface area contributed by atoms with E-state index in [9.17, 15) is 0 Å². The number of hydrogen-bond donors (Lipinski definition) is 0. The van der Waals surface area contributed by atoms with E-state index >= 15 is 0 Å². The summed E-state index contributed by atoms with van der Waals surface area (Å²) < 4.78 is 13.2. The van der Waals surface area contributed by atoms with Crippen molar-refractivity contribution in [1.82, 2.24) is 9.97 Å². The van der Waals surface area contributed by atoms with Crippen LogP contribution in [0.5, 0.6) is 0 Å². The molecule has 9 aromatic carbocycles. The Bertz CT molecular complexity index is 3550. The van der Waals surface area contributed by atoms with E-state index in [2.05, 4.69) is 188 Å². The van der Waals surface area contributed by atoms with Gasteiger partial charge in [-0.2, -0.15) is 0 Å². The molecule has 0 aliphatic carbocycles. The molecule has 0 fully saturated rings. The second kappa shape index (κ2) is 14.7. The molecule has 0 spiro atoms. The van der Waals surface area contributed by atoms with Crippen LogP contribution >= 0.6 is 0 Å². The summed E-state index contributed by atoms with van der Waals surface area (Å²) in [6.45, 7) is 0. The molecule has 0 saturated carbocycles. The molecule has 0 aliphatic heterocycles. The van der Waals surface area contributed by atoms with Gasteiger partial charge in [-0.15, -0.1) is 0 Å². The summed E-state index contributed by atoms with van der Waals surface area (Å²) >= 11 is 0. The minimum atomic E-state index is 0.660. The summed E-state index contributed by atoms with van der Waals surface area (Å²) in [5, 5.41) is 4.32. The van der Waals surface area contributed by atoms with Gasteiger partial charge in [0.15, 0.2) is 5.82 Å². The van der Waals surface area contributed by atoms with Crippen LogP contribution in [0.1, 0.15) is 0 Å². The predicted molar refractivity (Wildman–Crippen MR) is 255 cm³/mol. The number of nitrogens with zero attached hydrogens (tertiary/aromatic N) is 2. The van der Waals surface area contributed by atoms with Crippen LogP contribution in [0.4, 0.5) is 0 Å². The Kier molecular flexibility index (Phi) is 8.46. The van der Waals surface area contributed by atoms with E-state index in [0.717, 1.165) is 116 Å². The molecular formula is C58H36N2O2. The maximum absolute atomic E-state index is 6.74. The lowest BCUT2D eigenvalue weighted by Crippen LogP contribution is -1.96. The van der Waals surface area contributed by atoms with Crippen LogP contribution in [0.25, 0.3) is 122 Å². The largest absolute Gasteiger partial charge is 0.455 e. The highest BCUT2D eigenvalue weighted by Gasteiger charge is 2.21. The third kappa shape index (κ3) is 6.16. The van der Waals surface area contributed by atoms with Gasteiger partial charge >= 0.3 is 0 Å². The monoisotopic (exact) mass is 792 g/mol. The fraction of sp³-hybridized carbons (Fsp3) is 0. The van der Waals surface area contributed by atoms with Crippen molar-refractivity contribution < 1.29 is 8.83 Å². The average molecular weight is 793 g/mol. The van der Waals surface area contributed by atoms with E-state index in [0.29, 0.717) is 5.82 Å². The van der Waals surface area contributed by atoms with Crippen molar-refractivity contribution in [1.29, 1.82) is 0 Å². The summed E-state index contributed by atoms with van der Waals surface area (Å²) in [5.41, 5.74) is 16.8. The van der Waals surface area contributed by atoms with Crippen molar-refractivity contribution in [2.45, 2.75) is 0 Å². The van der Waals surface area contributed by atoms with Crippen LogP contribution in [-0.2, 0) is 0 Å². The molecule has 0 N–H and O–H groups in total. The van der Waals surface area contributed by atoms with E-state index in [1.54, 1.807) is 0 Å². The molecule has 0 saturated heterocycles. The molecule has 12 rings (SSSR count). The van der Waals surface area contributed by atoms with E-state index in [4.69, 9.17) is 18.8 Å². The lowest BCUT2D eigenvalue weighted by atomic mass is 9.93. The summed E-state index contributed by atoms with van der Waals surface area (Å²) in [6, 6.07) is 76.1. The number of rotatable bonds is 7. The zero-order valence-electron chi connectivity index (χ0n) is 33.5. The SMILES string of the molecule is c1ccc(-c2cc(-c3ccccc3)cc(-c3cc(-c4ccccc4)nc(-c4ccc(-c5ccc(-c6cccc7c6oc6ccccc67)c6oc7ccccc7c56)cc4)n3)c2)cc1. The lowest BCUT2D eigenvalue weighted by Gasteiger charge is -2.13. The molecule has 3 heterocycles. The van der Waals surface area contributed by atoms with Crippen molar-refractivity contribution in [3.05, 3.63) is 218 Å². The topological polar surface area (TPSA) is 52.1 Å². The predicted octanol–water partition coefficient (Wildman–Crippen LogP) is 15.9. The van der Waals surface area contributed by atoms with Crippen molar-refractivity contribution in [3.63, 3.8) is 0 Å². The Morgan fingerprint density at radius 1 is 0.274 bits per heavy atom. The molecule has 3 aromatic heterocycles. The van der Waals surface area contributed by atoms with Gasteiger partial charge in [-0.25, -0.2) is 9.97 Å². The van der Waals surface area contributed by atoms with E-state index in [-0.39, 0.29) is 0 Å². The number of benzene rings is 9. The number of furan rings is 2. The highest BCUT2D eigenvalue weighted by atomic mass is 16.3. The van der Waals surface area contributed by atoms with Gasteiger partial charge in [0.25, 0.3) is 0 Å². The number of fused-ring (bicyclic) bond motifs is 6. The van der Waals surface area contributed by atoms with Gasteiger partial charge in [0.05, 0.1) is 11.4 Å². The van der Waals surface area contributed by atoms with Gasteiger partial charge in [0.2, 0.25) is 0 Å². The summed E-state index contributed by atoms with van der Waals surface area (Å²) in [6.07, 6.45) is 0. The third-order valence-corrected chi connectivity index (χ3v) is 11.9. The van der Waals surface area contributed by atoms with Gasteiger partial charge in [-0.3, -0.25) is 0 Å². The molecule has 0 unspecified atom stereocenters. The fourth-order valence-corrected chi connectivity index (χ4v) is 8.89. The highest BCUT2D eigenvalue weighted by molar-refractivity contribution is 6.18. The standard InChI is InChI=1S/C58H36N2O2/c1-4-15-37(16-5-1)42-33-43(38-17-6-2-7-18-38)35-44(34-42)52-36-51(40-19-8-3-9-20-40)59-58(60-52)41-29-27-39(28-30-41)45-31-32-49(57-55(45)50-22-11-13-26-54(50)62-57)48-24-14-23-47-46-21-10-12-25-53(46)61-56(47)48/h1-36H. The normalized spacial score (nSPS) is 11.5. The van der Waals surface area contributed by atoms with Crippen LogP contribution in [0.3, 0.4) is 0 Å². The van der Waals surface area contributed by atoms with Crippen LogP contribution < -0.4 is 0 Å². The van der Waals surface area contributed by atoms with Crippen LogP contribution in [0.2, 0.25) is 0 Å². The van der Waals surface area contributed by atoms with Crippen molar-refractivity contribution in [2.24, 2.45) is 0 Å². The van der Waals surface area contributed by atoms with E-state index in [1.807, 2.05) is 30.3 Å². The molecular weight excluding hydrogens is 757 g/mol. The second-order valence-electron chi connectivity index (χ2n) is 15.7. The molecule has 0 aliphatic rings. The van der Waals surface area contributed by atoms with Crippen molar-refractivity contribution >= 4 is 43.9 Å². The van der Waals surface area contributed by atoms with Gasteiger partial charge < -0.3 is 8.83 Å². The first-order chi connectivity index (χ1) is 30.7. The average Bonchev–Trinajstić information content (AvgIpc) is 3.94. The Hall–Kier alpha value is -8.34. The minimum absolute atomic E-state index is 0.660. The lowest BCUT2D eigenvalue weighted by molar-refractivity contribution is 0.665. The summed E-state index contributed by atoms with van der Waals surface area (Å²) in [4.78, 5) is 10.5. The smallest absolute Gasteiger partial charge is 0.160 e. The van der Waals surface area contributed by atoms with Crippen LogP contribution in [0.15, 0.2) is 227 Å². The quantitative estimate of drug-likeness (QED) is 0.161. The molecule has 290 valence electrons. The number of aromatic nitrogens is 2. The molecule has 4 heteroatoms. The Balaban J connectivity index is 0.994. The third-order valence-electron chi connectivity index (χ3n) is 11.9. The molecule has 0 bridgehead atoms. The molecule has 0 radical (unpaired) electrons. The van der Waals surface area contributed by atoms with Gasteiger partial charge in [0, 0.05) is 49.4 Å². The number of para-hydroxylation sites is 3. The second-order valence-corrected chi connectivity index (χ2v) is 15.7. The van der Waals surface area contributed by atoms with Gasteiger partial charge in [-0.05, 0) is 75.8 Å². The number of hydrogen-bond acceptors (Lipinski definition) is 4. The Labute approximate surface area is 358 Å². The first-order valence-electron chi connectivity index (χ1n) is 20.9. The van der Waals surface area contributed by atoms with Crippen molar-refractivity contribution in [2.75, 3.05) is 0 Å². The van der Waals surface area contributed by atoms with Gasteiger partial charge in [0.1, 0.15) is 22.3 Å². The van der Waals surface area contributed by atoms with E-state index < -0.39 is 0 Å². The molecule has 0 amide bonds. The zero-order chi connectivity index (χ0) is 41.0. The Morgan fingerprint density at radius 2 is 0.758 bits per heavy atom. The first-order valence-corrected chi connectivity index (χ1v) is 20.9. The first kappa shape index (κ1) is 35.6. The molecule has 12 aromatic rings. The molecule has 4 nitrogen and oxygen atoms in total. The zero-order valence-corrected chi connectivity index (χ0v) is 33.5. The summed E-state index contributed by atoms with van der Waals surface area (Å²) in [5.74, 6) is 0.660. The highest BCUT2D eigenvalue weighted by Crippen LogP contribution is 2.45. The minimum Gasteiger partial charge on any atom is -0.455 e. The van der Waals surface area contributed by atoms with Crippen LogP contribution in [-0.4, -0.2) is 9.97 Å². The van der Waals surface area contributed by atoms with E-state index in [1.165, 1.54) is 0 Å². The summed E-state index contributed by atoms with van der Waals surface area (Å²) in [7, 11) is 0. The maximum atomic E-state index is 6.74. The van der Waals surface area contributed by atoms with Crippen LogP contribution in [0, 0.1) is 0 Å². The molecule has 0 atom stereocenters. The maximum Gasteiger partial charge on any atom is 0.160 e.